The number of non-ortho nitro benzene ring substituents is 1. The van der Waals surface area contributed by atoms with E-state index >= 15 is 0 Å². The summed E-state index contributed by atoms with van der Waals surface area (Å²) in [5.41, 5.74) is 1.51. The van der Waals surface area contributed by atoms with Crippen molar-refractivity contribution in [3.05, 3.63) is 99.0 Å². The predicted molar refractivity (Wildman–Crippen MR) is 125 cm³/mol. The molecule has 9 nitrogen and oxygen atoms in total. The summed E-state index contributed by atoms with van der Waals surface area (Å²) in [6.07, 6.45) is 1.43. The maximum atomic E-state index is 12.8. The number of ether oxygens (including phenoxy) is 3. The lowest BCUT2D eigenvalue weighted by atomic mass is 10.1. The number of esters is 1. The quantitative estimate of drug-likeness (QED) is 0.123. The SMILES string of the molecule is COc1cccc2cc(C(=O)Oc3ccc4c(c3C)O/C(=C\c3cccc([N+](=O)[O-])c3)C4=O)oc12. The number of fused-ring (bicyclic) bond motifs is 2. The molecule has 0 saturated heterocycles. The fourth-order valence-corrected chi connectivity index (χ4v) is 3.81. The molecule has 0 amide bonds. The average Bonchev–Trinajstić information content (AvgIpc) is 3.43. The van der Waals surface area contributed by atoms with E-state index in [4.69, 9.17) is 18.6 Å². The minimum absolute atomic E-state index is 0.00681. The van der Waals surface area contributed by atoms with E-state index in [1.807, 2.05) is 0 Å². The van der Waals surface area contributed by atoms with Crippen LogP contribution in [0, 0.1) is 17.0 Å². The Bertz CT molecular complexity index is 1560. The van der Waals surface area contributed by atoms with E-state index < -0.39 is 10.9 Å². The maximum absolute atomic E-state index is 12.8. The topological polar surface area (TPSA) is 118 Å². The Hall–Kier alpha value is -4.92. The minimum atomic E-state index is -0.719. The number of methoxy groups -OCH3 is 1. The molecule has 9 heteroatoms. The number of para-hydroxylation sites is 1. The molecule has 5 rings (SSSR count). The number of benzene rings is 3. The fraction of sp³-hybridized carbons (Fsp3) is 0.0769. The van der Waals surface area contributed by atoms with Crippen molar-refractivity contribution in [1.29, 1.82) is 0 Å². The third-order valence-electron chi connectivity index (χ3n) is 5.55. The molecule has 0 saturated carbocycles. The predicted octanol–water partition coefficient (Wildman–Crippen LogP) is 5.49. The number of allylic oxidation sites excluding steroid dienone is 1. The summed E-state index contributed by atoms with van der Waals surface area (Å²) in [5, 5.41) is 11.7. The molecule has 0 unspecified atom stereocenters. The zero-order chi connectivity index (χ0) is 24.7. The third-order valence-corrected chi connectivity index (χ3v) is 5.55. The number of carbonyl (C=O) groups excluding carboxylic acids is 2. The summed E-state index contributed by atoms with van der Waals surface area (Å²) in [7, 11) is 1.51. The van der Waals surface area contributed by atoms with Crippen molar-refractivity contribution >= 4 is 34.5 Å². The summed E-state index contributed by atoms with van der Waals surface area (Å²) < 4.78 is 22.2. The molecule has 0 radical (unpaired) electrons. The van der Waals surface area contributed by atoms with Crippen molar-refractivity contribution in [3.63, 3.8) is 0 Å². The molecule has 0 bridgehead atoms. The van der Waals surface area contributed by atoms with Gasteiger partial charge in [0.1, 0.15) is 11.5 Å². The van der Waals surface area contributed by atoms with Crippen molar-refractivity contribution in [2.45, 2.75) is 6.92 Å². The maximum Gasteiger partial charge on any atom is 0.379 e. The Morgan fingerprint density at radius 2 is 1.86 bits per heavy atom. The molecule has 1 aliphatic heterocycles. The molecule has 2 heterocycles. The van der Waals surface area contributed by atoms with Crippen LogP contribution < -0.4 is 14.2 Å². The van der Waals surface area contributed by atoms with E-state index in [9.17, 15) is 19.7 Å². The Morgan fingerprint density at radius 3 is 2.63 bits per heavy atom. The van der Waals surface area contributed by atoms with Gasteiger partial charge in [-0.25, -0.2) is 4.79 Å². The van der Waals surface area contributed by atoms with E-state index in [1.54, 1.807) is 37.3 Å². The van der Waals surface area contributed by atoms with Gasteiger partial charge in [-0.2, -0.15) is 0 Å². The number of hydrogen-bond donors (Lipinski definition) is 0. The Labute approximate surface area is 198 Å². The first kappa shape index (κ1) is 21.9. The molecule has 0 atom stereocenters. The monoisotopic (exact) mass is 471 g/mol. The van der Waals surface area contributed by atoms with Crippen LogP contribution in [0.25, 0.3) is 17.0 Å². The zero-order valence-corrected chi connectivity index (χ0v) is 18.6. The third kappa shape index (κ3) is 3.89. The van der Waals surface area contributed by atoms with Crippen LogP contribution in [0.1, 0.15) is 32.0 Å². The van der Waals surface area contributed by atoms with Crippen LogP contribution >= 0.6 is 0 Å². The summed E-state index contributed by atoms with van der Waals surface area (Å²) in [6, 6.07) is 15.7. The molecule has 1 aromatic heterocycles. The van der Waals surface area contributed by atoms with Gasteiger partial charge in [-0.05, 0) is 42.8 Å². The molecule has 0 spiro atoms. The highest BCUT2D eigenvalue weighted by Crippen LogP contribution is 2.40. The van der Waals surface area contributed by atoms with Gasteiger partial charge in [-0.3, -0.25) is 14.9 Å². The first-order valence-corrected chi connectivity index (χ1v) is 10.5. The van der Waals surface area contributed by atoms with Crippen LogP contribution in [0.5, 0.6) is 17.2 Å². The highest BCUT2D eigenvalue weighted by Gasteiger charge is 2.31. The summed E-state index contributed by atoms with van der Waals surface area (Å²) in [5.74, 6) is -0.150. The van der Waals surface area contributed by atoms with Crippen molar-refractivity contribution < 1.29 is 33.1 Å². The number of ketones is 1. The Kier molecular flexibility index (Phi) is 5.29. The van der Waals surface area contributed by atoms with Gasteiger partial charge in [-0.15, -0.1) is 0 Å². The molecule has 3 aromatic carbocycles. The molecule has 0 aliphatic carbocycles. The van der Waals surface area contributed by atoms with Crippen LogP contribution in [-0.4, -0.2) is 23.8 Å². The number of nitro benzene ring substituents is 1. The van der Waals surface area contributed by atoms with Gasteiger partial charge in [0.25, 0.3) is 5.69 Å². The summed E-state index contributed by atoms with van der Waals surface area (Å²) in [6.45, 7) is 1.66. The van der Waals surface area contributed by atoms with Gasteiger partial charge in [0, 0.05) is 23.1 Å². The van der Waals surface area contributed by atoms with Crippen molar-refractivity contribution in [3.8, 4) is 17.2 Å². The smallest absolute Gasteiger partial charge is 0.379 e. The van der Waals surface area contributed by atoms with E-state index in [2.05, 4.69) is 0 Å². The Balaban J connectivity index is 1.42. The number of nitro groups is 1. The molecule has 1 aliphatic rings. The van der Waals surface area contributed by atoms with Crippen LogP contribution in [0.15, 0.2) is 70.8 Å². The van der Waals surface area contributed by atoms with Gasteiger partial charge in [0.2, 0.25) is 11.5 Å². The second kappa shape index (κ2) is 8.45. The molecule has 35 heavy (non-hydrogen) atoms. The average molecular weight is 471 g/mol. The molecule has 0 fully saturated rings. The Morgan fingerprint density at radius 1 is 1.06 bits per heavy atom. The number of carbonyl (C=O) groups is 2. The first-order chi connectivity index (χ1) is 16.9. The summed E-state index contributed by atoms with van der Waals surface area (Å²) in [4.78, 5) is 36.1. The number of Topliss-reactive ketones (excluding diaryl/α,β-unsaturated/α-hetero) is 1. The number of rotatable bonds is 5. The zero-order valence-electron chi connectivity index (χ0n) is 18.6. The fourth-order valence-electron chi connectivity index (χ4n) is 3.81. The lowest BCUT2D eigenvalue weighted by molar-refractivity contribution is -0.384. The second-order valence-corrected chi connectivity index (χ2v) is 7.74. The molecule has 174 valence electrons. The largest absolute Gasteiger partial charge is 0.493 e. The van der Waals surface area contributed by atoms with Gasteiger partial charge in [0.05, 0.1) is 17.6 Å². The first-order valence-electron chi connectivity index (χ1n) is 10.5. The van der Waals surface area contributed by atoms with Crippen LogP contribution in [0.3, 0.4) is 0 Å². The van der Waals surface area contributed by atoms with E-state index in [-0.39, 0.29) is 34.5 Å². The van der Waals surface area contributed by atoms with Gasteiger partial charge < -0.3 is 18.6 Å². The van der Waals surface area contributed by atoms with Crippen molar-refractivity contribution in [1.82, 2.24) is 0 Å². The summed E-state index contributed by atoms with van der Waals surface area (Å²) >= 11 is 0. The van der Waals surface area contributed by atoms with Gasteiger partial charge >= 0.3 is 5.97 Å². The highest BCUT2D eigenvalue weighted by atomic mass is 16.6. The van der Waals surface area contributed by atoms with Crippen molar-refractivity contribution in [2.75, 3.05) is 7.11 Å². The molecular weight excluding hydrogens is 454 g/mol. The number of furan rings is 1. The lowest BCUT2D eigenvalue weighted by Crippen LogP contribution is -2.08. The molecule has 4 aromatic rings. The lowest BCUT2D eigenvalue weighted by Gasteiger charge is -2.09. The van der Waals surface area contributed by atoms with E-state index in [0.717, 1.165) is 0 Å². The highest BCUT2D eigenvalue weighted by molar-refractivity contribution is 6.15. The van der Waals surface area contributed by atoms with E-state index in [1.165, 1.54) is 43.5 Å². The number of nitrogens with zero attached hydrogens (tertiary/aromatic N) is 1. The van der Waals surface area contributed by atoms with Crippen LogP contribution in [0.4, 0.5) is 5.69 Å². The minimum Gasteiger partial charge on any atom is -0.493 e. The van der Waals surface area contributed by atoms with Crippen molar-refractivity contribution in [2.24, 2.45) is 0 Å². The van der Waals surface area contributed by atoms with Gasteiger partial charge in [-0.1, -0.05) is 24.3 Å². The second-order valence-electron chi connectivity index (χ2n) is 7.74. The standard InChI is InChI=1S/C26H17NO8/c1-14-19(35-26(29)22-13-16-6-4-8-20(32-2)25(16)34-22)10-9-18-23(28)21(33-24(14)18)12-15-5-3-7-17(11-15)27(30)31/h3-13H,1-2H3/b21-12-. The van der Waals surface area contributed by atoms with Crippen LogP contribution in [-0.2, 0) is 0 Å². The number of hydrogen-bond acceptors (Lipinski definition) is 8. The van der Waals surface area contributed by atoms with E-state index in [0.29, 0.717) is 33.4 Å². The molecule has 0 N–H and O–H groups in total. The van der Waals surface area contributed by atoms with Crippen LogP contribution in [0.2, 0.25) is 0 Å². The molecular formula is C26H17NO8. The van der Waals surface area contributed by atoms with Gasteiger partial charge in [0.15, 0.2) is 17.1 Å². The normalized spacial score (nSPS) is 13.5.